The van der Waals surface area contributed by atoms with Gasteiger partial charge in [0.05, 0.1) is 12.0 Å². The fourth-order valence-electron chi connectivity index (χ4n) is 3.10. The summed E-state index contributed by atoms with van der Waals surface area (Å²) in [5.41, 5.74) is 4.15. The minimum Gasteiger partial charge on any atom is -0.413 e. The summed E-state index contributed by atoms with van der Waals surface area (Å²) in [5.74, 6) is -0.159. The maximum Gasteiger partial charge on any atom is 0.228 e. The third-order valence-electron chi connectivity index (χ3n) is 5.89. The molecule has 0 aromatic carbocycles. The van der Waals surface area contributed by atoms with Gasteiger partial charge in [0.2, 0.25) is 5.91 Å². The molecule has 0 radical (unpaired) electrons. The second-order valence-electron chi connectivity index (χ2n) is 8.87. The van der Waals surface area contributed by atoms with Crippen LogP contribution in [0, 0.1) is 5.92 Å². The van der Waals surface area contributed by atoms with Gasteiger partial charge in [-0.1, -0.05) is 20.8 Å². The van der Waals surface area contributed by atoms with E-state index in [9.17, 15) is 9.59 Å². The fourth-order valence-corrected chi connectivity index (χ4v) is 4.53. The van der Waals surface area contributed by atoms with Crippen LogP contribution in [0.25, 0.3) is 0 Å². The molecule has 1 saturated heterocycles. The van der Waals surface area contributed by atoms with E-state index in [-0.39, 0.29) is 40.8 Å². The fraction of sp³-hybridized carbons (Fsp3) is 0.778. The molecule has 6 nitrogen and oxygen atoms in total. The quantitative estimate of drug-likeness (QED) is 0.556. The van der Waals surface area contributed by atoms with Gasteiger partial charge in [0.15, 0.2) is 14.1 Å². The summed E-state index contributed by atoms with van der Waals surface area (Å²) in [4.78, 5) is 24.6. The lowest BCUT2D eigenvalue weighted by atomic mass is 9.82. The molecule has 25 heavy (non-hydrogen) atoms. The number of ketones is 1. The van der Waals surface area contributed by atoms with Gasteiger partial charge in [0.1, 0.15) is 6.04 Å². The van der Waals surface area contributed by atoms with Gasteiger partial charge in [-0.25, -0.2) is 5.43 Å². The molecule has 0 saturated carbocycles. The van der Waals surface area contributed by atoms with E-state index >= 15 is 0 Å². The predicted octanol–water partition coefficient (Wildman–Crippen LogP) is 2.19. The molecule has 1 amide bonds. The van der Waals surface area contributed by atoms with E-state index in [4.69, 9.17) is 4.43 Å². The van der Waals surface area contributed by atoms with Crippen LogP contribution in [0.4, 0.5) is 0 Å². The largest absolute Gasteiger partial charge is 0.413 e. The molecule has 0 bridgehead atoms. The maximum atomic E-state index is 12.5. The van der Waals surface area contributed by atoms with E-state index < -0.39 is 8.32 Å². The lowest BCUT2D eigenvalue weighted by Crippen LogP contribution is -2.64. The van der Waals surface area contributed by atoms with E-state index in [2.05, 4.69) is 44.6 Å². The molecular weight excluding hydrogens is 334 g/mol. The van der Waals surface area contributed by atoms with Crippen LogP contribution in [0.3, 0.4) is 0 Å². The Kier molecular flexibility index (Phi) is 5.52. The number of hydrazine groups is 1. The zero-order valence-corrected chi connectivity index (χ0v) is 17.8. The van der Waals surface area contributed by atoms with Crippen LogP contribution >= 0.6 is 0 Å². The summed E-state index contributed by atoms with van der Waals surface area (Å²) < 4.78 is 6.38. The van der Waals surface area contributed by atoms with Crippen molar-refractivity contribution in [3.8, 4) is 0 Å². The summed E-state index contributed by atoms with van der Waals surface area (Å²) in [6, 6.07) is -0.444. The van der Waals surface area contributed by atoms with Crippen LogP contribution in [-0.4, -0.2) is 50.3 Å². The molecule has 1 fully saturated rings. The smallest absolute Gasteiger partial charge is 0.228 e. The Hall–Kier alpha value is -1.18. The Morgan fingerprint density at radius 1 is 1.40 bits per heavy atom. The summed E-state index contributed by atoms with van der Waals surface area (Å²) >= 11 is 0. The molecule has 142 valence electrons. The van der Waals surface area contributed by atoms with Gasteiger partial charge in [0, 0.05) is 25.2 Å². The Morgan fingerprint density at radius 3 is 2.44 bits per heavy atom. The summed E-state index contributed by atoms with van der Waals surface area (Å²) in [7, 11) is -0.0585. The molecule has 1 unspecified atom stereocenters. The number of nitrogens with one attached hydrogen (secondary N) is 2. The van der Waals surface area contributed by atoms with Crippen molar-refractivity contribution >= 4 is 20.0 Å². The first-order chi connectivity index (χ1) is 11.3. The first-order valence-electron chi connectivity index (χ1n) is 9.03. The van der Waals surface area contributed by atoms with Crippen molar-refractivity contribution in [2.75, 3.05) is 7.05 Å². The highest BCUT2D eigenvalue weighted by atomic mass is 28.4. The Labute approximate surface area is 152 Å². The van der Waals surface area contributed by atoms with Gasteiger partial charge in [-0.2, -0.15) is 0 Å². The minimum absolute atomic E-state index is 0.00719. The van der Waals surface area contributed by atoms with E-state index in [0.717, 1.165) is 5.70 Å². The van der Waals surface area contributed by atoms with E-state index in [1.807, 2.05) is 32.0 Å². The molecule has 0 aromatic heterocycles. The molecule has 7 heteroatoms. The number of hydrogen-bond acceptors (Lipinski definition) is 5. The van der Waals surface area contributed by atoms with Crippen molar-refractivity contribution in [2.45, 2.75) is 77.4 Å². The molecule has 2 aliphatic rings. The van der Waals surface area contributed by atoms with Crippen LogP contribution in [0.15, 0.2) is 11.8 Å². The topological polar surface area (TPSA) is 70.7 Å². The van der Waals surface area contributed by atoms with Crippen LogP contribution in [0.5, 0.6) is 0 Å². The normalized spacial score (nSPS) is 28.3. The first-order valence-corrected chi connectivity index (χ1v) is 11.9. The Balaban J connectivity index is 1.97. The number of β-lactam (4-membered cyclic amide) rings is 1. The number of carbonyl (C=O) groups excluding carboxylic acids is 2. The molecule has 4 atom stereocenters. The van der Waals surface area contributed by atoms with Crippen molar-refractivity contribution in [1.29, 1.82) is 0 Å². The average molecular weight is 368 g/mol. The number of carbonyl (C=O) groups is 2. The van der Waals surface area contributed by atoms with Crippen LogP contribution in [0.1, 0.15) is 41.0 Å². The molecule has 2 N–H and O–H groups in total. The van der Waals surface area contributed by atoms with Crippen molar-refractivity contribution in [3.05, 3.63) is 11.8 Å². The van der Waals surface area contributed by atoms with Crippen molar-refractivity contribution in [3.63, 3.8) is 0 Å². The number of Topliss-reactive ketones (excluding diaryl/α,β-unsaturated/α-hetero) is 1. The number of hydrogen-bond donors (Lipinski definition) is 2. The zero-order valence-electron chi connectivity index (χ0n) is 16.8. The molecule has 0 aromatic rings. The first kappa shape index (κ1) is 20.1. The van der Waals surface area contributed by atoms with Gasteiger partial charge in [-0.05, 0) is 38.1 Å². The molecule has 0 aliphatic carbocycles. The van der Waals surface area contributed by atoms with Crippen LogP contribution in [0.2, 0.25) is 18.1 Å². The minimum atomic E-state index is -1.95. The average Bonchev–Trinajstić information content (AvgIpc) is 2.75. The monoisotopic (exact) mass is 367 g/mol. The molecular formula is C18H33N3O3Si. The van der Waals surface area contributed by atoms with Crippen molar-refractivity contribution < 1.29 is 14.0 Å². The highest BCUT2D eigenvalue weighted by Gasteiger charge is 2.48. The van der Waals surface area contributed by atoms with Gasteiger partial charge in [-0.3, -0.25) is 9.59 Å². The van der Waals surface area contributed by atoms with Gasteiger partial charge in [-0.15, -0.1) is 0 Å². The molecule has 2 aliphatic heterocycles. The van der Waals surface area contributed by atoms with Gasteiger partial charge >= 0.3 is 0 Å². The number of amides is 1. The second kappa shape index (κ2) is 6.85. The lowest BCUT2D eigenvalue weighted by molar-refractivity contribution is -0.141. The Morgan fingerprint density at radius 2 is 2.00 bits per heavy atom. The summed E-state index contributed by atoms with van der Waals surface area (Å²) in [5, 5.41) is 4.83. The molecule has 2 rings (SSSR count). The van der Waals surface area contributed by atoms with Crippen molar-refractivity contribution in [2.24, 2.45) is 5.92 Å². The van der Waals surface area contributed by atoms with Gasteiger partial charge in [0.25, 0.3) is 0 Å². The van der Waals surface area contributed by atoms with E-state index in [0.29, 0.717) is 6.42 Å². The van der Waals surface area contributed by atoms with Crippen LogP contribution < -0.4 is 10.7 Å². The lowest BCUT2D eigenvalue weighted by Gasteiger charge is -2.45. The maximum absolute atomic E-state index is 12.5. The zero-order chi connectivity index (χ0) is 19.2. The summed E-state index contributed by atoms with van der Waals surface area (Å²) in [6.45, 7) is 14.9. The van der Waals surface area contributed by atoms with E-state index in [1.54, 1.807) is 0 Å². The SMILES string of the molecule is CC1=CC(C(=O)C[C@H]2NC(=O)[C@@H]2[C@@H](C)O[Si](C)(C)C(C)(C)C)NN1C. The third kappa shape index (κ3) is 4.15. The molecule has 2 heterocycles. The number of rotatable bonds is 6. The van der Waals surface area contributed by atoms with Crippen molar-refractivity contribution in [1.82, 2.24) is 15.8 Å². The highest BCUT2D eigenvalue weighted by molar-refractivity contribution is 6.74. The number of allylic oxidation sites excluding steroid dienone is 1. The van der Waals surface area contributed by atoms with E-state index in [1.165, 1.54) is 0 Å². The second-order valence-corrected chi connectivity index (χ2v) is 13.6. The summed E-state index contributed by atoms with van der Waals surface area (Å²) in [6.07, 6.45) is 2.08. The van der Waals surface area contributed by atoms with Gasteiger partial charge < -0.3 is 14.8 Å². The molecule has 0 spiro atoms. The number of nitrogens with zero attached hydrogens (tertiary/aromatic N) is 1. The van der Waals surface area contributed by atoms with Crippen LogP contribution in [-0.2, 0) is 14.0 Å². The predicted molar refractivity (Wildman–Crippen MR) is 101 cm³/mol. The Bertz CT molecular complexity index is 583. The highest BCUT2D eigenvalue weighted by Crippen LogP contribution is 2.39. The standard InChI is InChI=1S/C18H33N3O3Si/c1-11-9-13(20-21(11)6)15(22)10-14-16(17(23)19-14)12(2)24-25(7,8)18(3,4)5/h9,12-14,16,20H,10H2,1-8H3,(H,19,23)/t12-,13?,14-,16-/m1/s1. The third-order valence-corrected chi connectivity index (χ3v) is 10.5.